The third-order valence-corrected chi connectivity index (χ3v) is 17.4. The van der Waals surface area contributed by atoms with Crippen molar-refractivity contribution in [3.8, 4) is 0 Å². The first-order valence-corrected chi connectivity index (χ1v) is 32.8. The summed E-state index contributed by atoms with van der Waals surface area (Å²) in [5.74, 6) is -11.2. The van der Waals surface area contributed by atoms with Crippen molar-refractivity contribution in [2.75, 3.05) is 116 Å². The summed E-state index contributed by atoms with van der Waals surface area (Å²) in [6.07, 6.45) is 0.344. The van der Waals surface area contributed by atoms with Crippen LogP contribution in [-0.2, 0) is 83.3 Å². The van der Waals surface area contributed by atoms with E-state index < -0.39 is 138 Å². The topological polar surface area (TPSA) is 351 Å². The Balaban J connectivity index is 2.53. The molecular weight excluding hydrogens is 1160 g/mol. The average molecular weight is 1250 g/mol. The van der Waals surface area contributed by atoms with E-state index in [4.69, 9.17) is 34.2 Å². The highest BCUT2D eigenvalue weighted by Crippen LogP contribution is 2.23. The zero-order chi connectivity index (χ0) is 64.1. The second-order valence-electron chi connectivity index (χ2n) is 21.4. The minimum Gasteiger partial charge on any atom is -0.384 e. The van der Waals surface area contributed by atoms with E-state index in [-0.39, 0.29) is 101 Å². The van der Waals surface area contributed by atoms with Gasteiger partial charge in [-0.25, -0.2) is 21.6 Å². The zero-order valence-electron chi connectivity index (χ0n) is 51.1. The maximum atomic E-state index is 14.6. The number of rotatable bonds is 50. The van der Waals surface area contributed by atoms with Crippen molar-refractivity contribution < 1.29 is 88.4 Å². The van der Waals surface area contributed by atoms with Gasteiger partial charge in [-0.15, -0.1) is 0 Å². The van der Waals surface area contributed by atoms with Crippen molar-refractivity contribution in [2.45, 2.75) is 116 Å². The summed E-state index contributed by atoms with van der Waals surface area (Å²) in [4.78, 5) is 123. The molecule has 2 aromatic carbocycles. The largest absolute Gasteiger partial charge is 0.384 e. The van der Waals surface area contributed by atoms with E-state index in [9.17, 15) is 60.0 Å². The van der Waals surface area contributed by atoms with E-state index in [1.165, 1.54) is 52.7 Å². The predicted octanol–water partition coefficient (Wildman–Crippen LogP) is 4.23. The van der Waals surface area contributed by atoms with Gasteiger partial charge in [-0.05, 0) is 68.6 Å². The van der Waals surface area contributed by atoms with Crippen molar-refractivity contribution in [2.24, 2.45) is 29.4 Å². The third kappa shape index (κ3) is 31.7. The van der Waals surface area contributed by atoms with Gasteiger partial charge in [0.25, 0.3) is 0 Å². The summed E-state index contributed by atoms with van der Waals surface area (Å²) in [5.41, 5.74) is 6.70. The number of amides is 5. The number of ether oxygens (including phenoxy) is 6. The van der Waals surface area contributed by atoms with Crippen LogP contribution in [0.5, 0.6) is 0 Å². The first-order valence-electron chi connectivity index (χ1n) is 29.2. The molecule has 26 heteroatoms. The minimum absolute atomic E-state index is 0.00822. The molecule has 4 atom stereocenters. The minimum atomic E-state index is -3.99. The molecule has 0 aromatic heterocycles. The molecule has 0 radical (unpaired) electrons. The predicted molar refractivity (Wildman–Crippen MR) is 323 cm³/mol. The lowest BCUT2D eigenvalue weighted by molar-refractivity contribution is -0.132. The summed E-state index contributed by atoms with van der Waals surface area (Å²) < 4.78 is 82.9. The molecule has 6 N–H and O–H groups in total. The summed E-state index contributed by atoms with van der Waals surface area (Å²) >= 11 is 0. The van der Waals surface area contributed by atoms with Crippen LogP contribution in [0.2, 0.25) is 0 Å². The van der Waals surface area contributed by atoms with Gasteiger partial charge in [-0.3, -0.25) is 38.4 Å². The van der Waals surface area contributed by atoms with Gasteiger partial charge in [0.2, 0.25) is 17.7 Å². The van der Waals surface area contributed by atoms with Gasteiger partial charge in [0, 0.05) is 115 Å². The number of carbonyl (C=O) groups is 9. The summed E-state index contributed by atoms with van der Waals surface area (Å²) in [6.45, 7) is 7.02. The quantitative estimate of drug-likeness (QED) is 0.0457. The van der Waals surface area contributed by atoms with E-state index in [1.807, 2.05) is 19.1 Å². The zero-order valence-corrected chi connectivity index (χ0v) is 52.8. The maximum absolute atomic E-state index is 14.6. The number of urea groups is 1. The Morgan fingerprint density at radius 1 is 0.547 bits per heavy atom. The molecule has 484 valence electrons. The molecule has 2 rings (SSSR count). The number of nitrogens with two attached hydrogens (primary N) is 1. The fraction of sp³-hybridized carbons (Fsp3) is 0.650. The number of hydrogen-bond acceptors (Lipinski definition) is 19. The van der Waals surface area contributed by atoms with Crippen LogP contribution in [0.25, 0.3) is 0 Å². The van der Waals surface area contributed by atoms with Crippen molar-refractivity contribution in [1.29, 1.82) is 0 Å². The van der Waals surface area contributed by atoms with Crippen LogP contribution in [0, 0.1) is 23.7 Å². The third-order valence-electron chi connectivity index (χ3n) is 14.0. The van der Waals surface area contributed by atoms with Crippen LogP contribution in [-0.4, -0.2) is 192 Å². The molecule has 5 amide bonds. The van der Waals surface area contributed by atoms with E-state index in [0.29, 0.717) is 45.0 Å². The number of ketones is 5. The molecule has 24 nitrogen and oxygen atoms in total. The van der Waals surface area contributed by atoms with Crippen LogP contribution < -0.4 is 27.0 Å². The van der Waals surface area contributed by atoms with Crippen LogP contribution in [0.1, 0.15) is 124 Å². The monoisotopic (exact) mass is 1250 g/mol. The summed E-state index contributed by atoms with van der Waals surface area (Å²) in [7, 11) is -2.33. The van der Waals surface area contributed by atoms with Crippen molar-refractivity contribution in [1.82, 2.24) is 16.0 Å². The molecule has 0 saturated heterocycles. The molecule has 0 unspecified atom stereocenters. The Hall–Kier alpha value is -5.87. The number of nitrogens with one attached hydrogen (secondary N) is 4. The molecule has 0 aliphatic carbocycles. The molecule has 0 heterocycles. The number of benzene rings is 2. The van der Waals surface area contributed by atoms with E-state index >= 15 is 0 Å². The van der Waals surface area contributed by atoms with E-state index in [2.05, 4.69) is 21.3 Å². The van der Waals surface area contributed by atoms with Gasteiger partial charge in [0.15, 0.2) is 42.8 Å². The smallest absolute Gasteiger partial charge is 0.312 e. The van der Waals surface area contributed by atoms with Crippen LogP contribution in [0.15, 0.2) is 48.5 Å². The maximum Gasteiger partial charge on any atom is 0.312 e. The Morgan fingerprint density at radius 2 is 1.09 bits per heavy atom. The lowest BCUT2D eigenvalue weighted by Crippen LogP contribution is -2.46. The normalized spacial score (nSPS) is 13.1. The number of anilines is 1. The fourth-order valence-electron chi connectivity index (χ4n) is 9.03. The van der Waals surface area contributed by atoms with Gasteiger partial charge < -0.3 is 55.4 Å². The number of carbonyl (C=O) groups excluding carboxylic acids is 9. The van der Waals surface area contributed by atoms with Crippen molar-refractivity contribution >= 4 is 78.0 Å². The van der Waals surface area contributed by atoms with Crippen LogP contribution >= 0.6 is 0 Å². The molecule has 0 fully saturated rings. The SMILES string of the molecule is CCc1ccc(NC(=O)[C@H](CCCNC(N)=O)CC(=O)[C@@H](NC(=O)CC[C@H](CC(=O)c2ccc(C(=O)C(CS(=O)(=O)CCOC)CS(=O)(=O)CCOC)cc2)C(=O)N[C@@H](CCC(=O)CCCOCCOC)C(=O)CCCOCCOC)C(C)C)cc1. The lowest BCUT2D eigenvalue weighted by Gasteiger charge is -2.25. The van der Waals surface area contributed by atoms with Gasteiger partial charge in [0.05, 0.1) is 80.7 Å². The van der Waals surface area contributed by atoms with Gasteiger partial charge >= 0.3 is 6.03 Å². The number of hydrogen-bond donors (Lipinski definition) is 5. The van der Waals surface area contributed by atoms with Crippen molar-refractivity contribution in [3.05, 3.63) is 65.2 Å². The fourth-order valence-corrected chi connectivity index (χ4v) is 12.1. The average Bonchev–Trinajstić information content (AvgIpc) is 3.66. The number of Topliss-reactive ketones (excluding diaryl/α,β-unsaturated/α-hetero) is 5. The Kier molecular flexibility index (Phi) is 37.3. The second-order valence-corrected chi connectivity index (χ2v) is 25.8. The lowest BCUT2D eigenvalue weighted by atomic mass is 9.89. The van der Waals surface area contributed by atoms with Crippen LogP contribution in [0.3, 0.4) is 0 Å². The van der Waals surface area contributed by atoms with E-state index in [1.54, 1.807) is 26.0 Å². The van der Waals surface area contributed by atoms with Gasteiger partial charge in [-0.2, -0.15) is 0 Å². The molecule has 0 bridgehead atoms. The molecule has 2 aromatic rings. The Morgan fingerprint density at radius 3 is 1.63 bits per heavy atom. The number of aryl methyl sites for hydroxylation is 1. The molecule has 0 spiro atoms. The standard InChI is InChI=1S/C60H93N5O19S2/c1-8-43-15-22-49(23-16-43)63-58(72)46(12-9-27-62-60(61)74)39-54(69)56(42(2)3)65-55(70)26-21-47(59(73)64-51(52(67)14-11-29-84-33-31-80-5)25-24-50(66)13-10-28-83-32-30-79-4)38-53(68)44-17-19-45(20-18-44)57(71)48(40-85(75,76)36-34-81-6)41-86(77,78)37-35-82-7/h15-20,22-23,42,46-48,51,56H,8-14,21,24-41H2,1-7H3,(H,63,72)(H,64,73)(H,65,70)(H3,61,62,74)/t46-,47-,51+,56+/m1/s1. The van der Waals surface area contributed by atoms with E-state index in [0.717, 1.165) is 12.0 Å². The molecule has 86 heavy (non-hydrogen) atoms. The molecule has 0 aliphatic heterocycles. The summed E-state index contributed by atoms with van der Waals surface area (Å²) in [5, 5.41) is 10.9. The van der Waals surface area contributed by atoms with Gasteiger partial charge in [-0.1, -0.05) is 57.2 Å². The highest BCUT2D eigenvalue weighted by atomic mass is 32.2. The number of sulfone groups is 2. The summed E-state index contributed by atoms with van der Waals surface area (Å²) in [6, 6.07) is 9.20. The second kappa shape index (κ2) is 42.1. The molecule has 0 aliphatic rings. The highest BCUT2D eigenvalue weighted by Gasteiger charge is 2.34. The Labute approximate surface area is 507 Å². The molecular formula is C60H93N5O19S2. The highest BCUT2D eigenvalue weighted by molar-refractivity contribution is 7.92. The first kappa shape index (κ1) is 76.2. The first-order chi connectivity index (χ1) is 40.9. The van der Waals surface area contributed by atoms with Crippen molar-refractivity contribution in [3.63, 3.8) is 0 Å². The van der Waals surface area contributed by atoms with Crippen LogP contribution in [0.4, 0.5) is 10.5 Å². The number of methoxy groups -OCH3 is 4. The molecule has 0 saturated carbocycles. The number of primary amides is 1. The van der Waals surface area contributed by atoms with Gasteiger partial charge in [0.1, 0.15) is 5.78 Å². The Bertz CT molecular complexity index is 2630.